The molecule has 7 nitrogen and oxygen atoms in total. The molecule has 1 saturated heterocycles. The minimum atomic E-state index is 0. The summed E-state index contributed by atoms with van der Waals surface area (Å²) in [4.78, 5) is 11.5. The Morgan fingerprint density at radius 1 is 1.23 bits per heavy atom. The highest BCUT2D eigenvalue weighted by Gasteiger charge is 2.24. The second kappa shape index (κ2) is 10.4. The molecule has 2 aliphatic rings. The molecule has 1 unspecified atom stereocenters. The lowest BCUT2D eigenvalue weighted by atomic mass is 9.93. The standard InChI is InChI=1S/C18H33N7.HI/c1-4-24-12-8-15(9-13-24)7-10-20-18(19-3)22-16-6-5-11-25-17(16)21-14(2)23-25;/h15-16H,4-13H2,1-3H3,(H2,19,20,22);1H. The normalized spacial score (nSPS) is 21.8. The van der Waals surface area contributed by atoms with Crippen molar-refractivity contribution in [3.05, 3.63) is 11.6 Å². The molecule has 0 amide bonds. The van der Waals surface area contributed by atoms with Gasteiger partial charge in [0, 0.05) is 20.1 Å². The maximum absolute atomic E-state index is 4.59. The first-order chi connectivity index (χ1) is 12.2. The first-order valence-corrected chi connectivity index (χ1v) is 9.80. The number of guanidine groups is 1. The Morgan fingerprint density at radius 3 is 2.69 bits per heavy atom. The van der Waals surface area contributed by atoms with Crippen LogP contribution in [-0.4, -0.2) is 58.9 Å². The first kappa shape index (κ1) is 21.4. The van der Waals surface area contributed by atoms with Crippen molar-refractivity contribution in [2.45, 2.75) is 58.5 Å². The third-order valence-corrected chi connectivity index (χ3v) is 5.51. The number of hydrogen-bond acceptors (Lipinski definition) is 4. The average molecular weight is 475 g/mol. The van der Waals surface area contributed by atoms with Gasteiger partial charge in [0.05, 0.1) is 6.04 Å². The van der Waals surface area contributed by atoms with Crippen LogP contribution in [0.1, 0.15) is 56.7 Å². The molecule has 3 heterocycles. The third-order valence-electron chi connectivity index (χ3n) is 5.51. The third kappa shape index (κ3) is 5.55. The van der Waals surface area contributed by atoms with E-state index in [2.05, 4.69) is 37.5 Å². The van der Waals surface area contributed by atoms with Crippen LogP contribution in [0.2, 0.25) is 0 Å². The first-order valence-electron chi connectivity index (χ1n) is 9.80. The molecular formula is C18H34IN7. The largest absolute Gasteiger partial charge is 0.356 e. The van der Waals surface area contributed by atoms with Crippen LogP contribution in [0.4, 0.5) is 0 Å². The molecule has 0 aliphatic carbocycles. The quantitative estimate of drug-likeness (QED) is 0.389. The Bertz CT molecular complexity index is 578. The fourth-order valence-electron chi connectivity index (χ4n) is 3.95. The van der Waals surface area contributed by atoms with Crippen LogP contribution in [0, 0.1) is 12.8 Å². The van der Waals surface area contributed by atoms with Crippen LogP contribution >= 0.6 is 24.0 Å². The summed E-state index contributed by atoms with van der Waals surface area (Å²) in [7, 11) is 1.84. The van der Waals surface area contributed by atoms with Gasteiger partial charge in [0.25, 0.3) is 0 Å². The van der Waals surface area contributed by atoms with Crippen LogP contribution in [0.15, 0.2) is 4.99 Å². The van der Waals surface area contributed by atoms with Gasteiger partial charge in [-0.15, -0.1) is 24.0 Å². The topological polar surface area (TPSA) is 70.4 Å². The van der Waals surface area contributed by atoms with Crippen molar-refractivity contribution in [1.29, 1.82) is 0 Å². The molecule has 0 saturated carbocycles. The van der Waals surface area contributed by atoms with Gasteiger partial charge in [-0.2, -0.15) is 5.10 Å². The smallest absolute Gasteiger partial charge is 0.191 e. The van der Waals surface area contributed by atoms with Crippen molar-refractivity contribution < 1.29 is 0 Å². The van der Waals surface area contributed by atoms with Crippen molar-refractivity contribution >= 4 is 29.9 Å². The van der Waals surface area contributed by atoms with Gasteiger partial charge in [-0.05, 0) is 64.6 Å². The van der Waals surface area contributed by atoms with Crippen molar-refractivity contribution in [3.63, 3.8) is 0 Å². The van der Waals surface area contributed by atoms with Gasteiger partial charge in [0.15, 0.2) is 5.96 Å². The summed E-state index contributed by atoms with van der Waals surface area (Å²) in [5.41, 5.74) is 0. The molecular weight excluding hydrogens is 441 g/mol. The summed E-state index contributed by atoms with van der Waals surface area (Å²) in [5, 5.41) is 11.5. The number of fused-ring (bicyclic) bond motifs is 1. The number of hydrogen-bond donors (Lipinski definition) is 2. The number of aliphatic imine (C=N–C) groups is 1. The number of nitrogens with zero attached hydrogens (tertiary/aromatic N) is 5. The van der Waals surface area contributed by atoms with E-state index in [9.17, 15) is 0 Å². The number of nitrogens with one attached hydrogen (secondary N) is 2. The molecule has 2 N–H and O–H groups in total. The van der Waals surface area contributed by atoms with Crippen molar-refractivity contribution in [1.82, 2.24) is 30.3 Å². The van der Waals surface area contributed by atoms with Gasteiger partial charge < -0.3 is 15.5 Å². The van der Waals surface area contributed by atoms with Crippen LogP contribution in [0.25, 0.3) is 0 Å². The summed E-state index contributed by atoms with van der Waals surface area (Å²) in [6.45, 7) is 9.86. The van der Waals surface area contributed by atoms with Gasteiger partial charge in [0.1, 0.15) is 11.6 Å². The lowest BCUT2D eigenvalue weighted by Crippen LogP contribution is -2.42. The lowest BCUT2D eigenvalue weighted by Gasteiger charge is -2.31. The monoisotopic (exact) mass is 475 g/mol. The van der Waals surface area contributed by atoms with E-state index in [1.165, 1.54) is 38.9 Å². The van der Waals surface area contributed by atoms with E-state index in [1.807, 2.05) is 18.7 Å². The zero-order chi connectivity index (χ0) is 17.6. The number of halogens is 1. The second-order valence-corrected chi connectivity index (χ2v) is 7.24. The molecule has 0 radical (unpaired) electrons. The Morgan fingerprint density at radius 2 is 2.00 bits per heavy atom. The van der Waals surface area contributed by atoms with E-state index >= 15 is 0 Å². The minimum Gasteiger partial charge on any atom is -0.356 e. The summed E-state index contributed by atoms with van der Waals surface area (Å²) in [5.74, 6) is 3.61. The van der Waals surface area contributed by atoms with Gasteiger partial charge in [-0.25, -0.2) is 9.67 Å². The molecule has 1 aromatic heterocycles. The highest BCUT2D eigenvalue weighted by Crippen LogP contribution is 2.23. The Hall–Kier alpha value is -0.900. The van der Waals surface area contributed by atoms with E-state index in [4.69, 9.17) is 0 Å². The van der Waals surface area contributed by atoms with E-state index in [-0.39, 0.29) is 30.0 Å². The highest BCUT2D eigenvalue weighted by molar-refractivity contribution is 14.0. The molecule has 0 aromatic carbocycles. The molecule has 8 heteroatoms. The molecule has 2 aliphatic heterocycles. The van der Waals surface area contributed by atoms with Crippen molar-refractivity contribution in [3.8, 4) is 0 Å². The lowest BCUT2D eigenvalue weighted by molar-refractivity contribution is 0.187. The summed E-state index contributed by atoms with van der Waals surface area (Å²) in [6.07, 6.45) is 6.08. The zero-order valence-electron chi connectivity index (χ0n) is 16.4. The van der Waals surface area contributed by atoms with E-state index in [0.717, 1.165) is 49.5 Å². The maximum atomic E-state index is 4.59. The molecule has 0 spiro atoms. The zero-order valence-corrected chi connectivity index (χ0v) is 18.7. The molecule has 148 valence electrons. The number of likely N-dealkylation sites (tertiary alicyclic amines) is 1. The van der Waals surface area contributed by atoms with Crippen LogP contribution < -0.4 is 10.6 Å². The van der Waals surface area contributed by atoms with E-state index in [0.29, 0.717) is 0 Å². The minimum absolute atomic E-state index is 0. The number of aryl methyl sites for hydroxylation is 2. The summed E-state index contributed by atoms with van der Waals surface area (Å²) < 4.78 is 2.03. The highest BCUT2D eigenvalue weighted by atomic mass is 127. The molecule has 26 heavy (non-hydrogen) atoms. The fraction of sp³-hybridized carbons (Fsp3) is 0.833. The number of piperidine rings is 1. The second-order valence-electron chi connectivity index (χ2n) is 7.24. The Balaban J connectivity index is 0.00000243. The predicted molar refractivity (Wildman–Crippen MR) is 116 cm³/mol. The summed E-state index contributed by atoms with van der Waals surface area (Å²) in [6, 6.07) is 0.203. The fourth-order valence-corrected chi connectivity index (χ4v) is 3.95. The summed E-state index contributed by atoms with van der Waals surface area (Å²) >= 11 is 0. The van der Waals surface area contributed by atoms with Crippen LogP contribution in [0.5, 0.6) is 0 Å². The van der Waals surface area contributed by atoms with Gasteiger partial charge in [-0.3, -0.25) is 4.99 Å². The number of rotatable bonds is 5. The van der Waals surface area contributed by atoms with Gasteiger partial charge in [0.2, 0.25) is 0 Å². The predicted octanol–water partition coefficient (Wildman–Crippen LogP) is 2.33. The molecule has 3 rings (SSSR count). The van der Waals surface area contributed by atoms with Crippen LogP contribution in [-0.2, 0) is 6.54 Å². The molecule has 1 fully saturated rings. The van der Waals surface area contributed by atoms with Crippen molar-refractivity contribution in [2.75, 3.05) is 33.2 Å². The van der Waals surface area contributed by atoms with Gasteiger partial charge in [-0.1, -0.05) is 6.92 Å². The average Bonchev–Trinajstić information content (AvgIpc) is 3.02. The number of aromatic nitrogens is 3. The van der Waals surface area contributed by atoms with Crippen molar-refractivity contribution in [2.24, 2.45) is 10.9 Å². The SMILES string of the molecule is CCN1CCC(CCNC(=NC)NC2CCCn3nc(C)nc32)CC1.I. The van der Waals surface area contributed by atoms with Gasteiger partial charge >= 0.3 is 0 Å². The molecule has 0 bridgehead atoms. The van der Waals surface area contributed by atoms with E-state index < -0.39 is 0 Å². The molecule has 1 atom stereocenters. The van der Waals surface area contributed by atoms with E-state index in [1.54, 1.807) is 0 Å². The Labute approximate surface area is 174 Å². The van der Waals surface area contributed by atoms with Crippen LogP contribution in [0.3, 0.4) is 0 Å². The molecule has 1 aromatic rings. The maximum Gasteiger partial charge on any atom is 0.191 e. The Kier molecular flexibility index (Phi) is 8.59.